The number of fused-ring (bicyclic) bond motifs is 2. The van der Waals surface area contributed by atoms with Crippen LogP contribution >= 0.6 is 0 Å². The Kier molecular flexibility index (Phi) is 2.33. The van der Waals surface area contributed by atoms with Crippen molar-refractivity contribution in [1.82, 2.24) is 0 Å². The minimum Gasteiger partial charge on any atom is -0.384 e. The molecule has 1 N–H and O–H groups in total. The van der Waals surface area contributed by atoms with Gasteiger partial charge in [-0.2, -0.15) is 13.2 Å². The molecule has 0 heterocycles. The van der Waals surface area contributed by atoms with E-state index in [0.29, 0.717) is 5.92 Å². The van der Waals surface area contributed by atoms with E-state index in [2.05, 4.69) is 6.08 Å². The maximum absolute atomic E-state index is 12.1. The Bertz CT molecular complexity index is 246. The Morgan fingerprint density at radius 2 is 2.00 bits per heavy atom. The molecule has 2 rings (SSSR count). The monoisotopic (exact) mass is 206 g/mol. The smallest absolute Gasteiger partial charge is 0.384 e. The van der Waals surface area contributed by atoms with E-state index in [9.17, 15) is 13.2 Å². The summed E-state index contributed by atoms with van der Waals surface area (Å²) in [6.45, 7) is 0. The molecule has 80 valence electrons. The van der Waals surface area contributed by atoms with Gasteiger partial charge in [-0.25, -0.2) is 0 Å². The van der Waals surface area contributed by atoms with Gasteiger partial charge in [-0.15, -0.1) is 0 Å². The lowest BCUT2D eigenvalue weighted by molar-refractivity contribution is -0.208. The van der Waals surface area contributed by atoms with Gasteiger partial charge in [-0.05, 0) is 37.0 Å². The maximum atomic E-state index is 12.1. The molecular formula is C10H13F3O. The second kappa shape index (κ2) is 3.26. The molecule has 2 aliphatic rings. The molecule has 2 bridgehead atoms. The number of rotatable bonds is 2. The fourth-order valence-electron chi connectivity index (χ4n) is 2.59. The maximum Gasteiger partial charge on any atom is 0.414 e. The second-order valence-corrected chi connectivity index (χ2v) is 4.33. The summed E-state index contributed by atoms with van der Waals surface area (Å²) in [5.74, 6) is 0.768. The molecule has 0 aromatic rings. The second-order valence-electron chi connectivity index (χ2n) is 4.33. The quantitative estimate of drug-likeness (QED) is 0.688. The molecule has 0 spiro atoms. The molecule has 0 saturated heterocycles. The number of alkyl halides is 3. The number of halogens is 3. The zero-order valence-corrected chi connectivity index (χ0v) is 7.67. The van der Waals surface area contributed by atoms with E-state index in [4.69, 9.17) is 5.11 Å². The molecule has 4 unspecified atom stereocenters. The van der Waals surface area contributed by atoms with Crippen LogP contribution in [0.2, 0.25) is 0 Å². The number of allylic oxidation sites excluding steroid dienone is 2. The Hall–Kier alpha value is -0.510. The number of hydrogen-bond acceptors (Lipinski definition) is 1. The van der Waals surface area contributed by atoms with Crippen molar-refractivity contribution in [2.24, 2.45) is 17.8 Å². The van der Waals surface area contributed by atoms with Crippen molar-refractivity contribution in [1.29, 1.82) is 0 Å². The van der Waals surface area contributed by atoms with E-state index < -0.39 is 12.3 Å². The normalized spacial score (nSPS) is 37.9. The van der Waals surface area contributed by atoms with Crippen LogP contribution in [0.4, 0.5) is 13.2 Å². The summed E-state index contributed by atoms with van der Waals surface area (Å²) in [5.41, 5.74) is 0. The van der Waals surface area contributed by atoms with Gasteiger partial charge in [0.05, 0.1) is 0 Å². The van der Waals surface area contributed by atoms with Crippen LogP contribution in [0.3, 0.4) is 0 Å². The minimum atomic E-state index is -4.45. The van der Waals surface area contributed by atoms with E-state index in [1.807, 2.05) is 6.08 Å². The molecular weight excluding hydrogens is 193 g/mol. The van der Waals surface area contributed by atoms with Crippen molar-refractivity contribution < 1.29 is 18.3 Å². The number of aliphatic hydroxyl groups excluding tert-OH is 1. The lowest BCUT2D eigenvalue weighted by Crippen LogP contribution is -2.31. The zero-order chi connectivity index (χ0) is 10.3. The topological polar surface area (TPSA) is 20.2 Å². The lowest BCUT2D eigenvalue weighted by atomic mass is 9.88. The van der Waals surface area contributed by atoms with Crippen LogP contribution in [0.5, 0.6) is 0 Å². The van der Waals surface area contributed by atoms with Crippen molar-refractivity contribution >= 4 is 0 Å². The van der Waals surface area contributed by atoms with Crippen molar-refractivity contribution in [3.05, 3.63) is 12.2 Å². The van der Waals surface area contributed by atoms with Crippen molar-refractivity contribution in [2.45, 2.75) is 31.5 Å². The van der Waals surface area contributed by atoms with Crippen molar-refractivity contribution in [3.8, 4) is 0 Å². The van der Waals surface area contributed by atoms with Crippen LogP contribution in [-0.4, -0.2) is 17.4 Å². The van der Waals surface area contributed by atoms with Gasteiger partial charge in [0.1, 0.15) is 6.10 Å². The van der Waals surface area contributed by atoms with E-state index in [1.54, 1.807) is 0 Å². The van der Waals surface area contributed by atoms with Gasteiger partial charge >= 0.3 is 6.18 Å². The molecule has 0 aliphatic heterocycles. The summed E-state index contributed by atoms with van der Waals surface area (Å²) in [6, 6.07) is 0. The van der Waals surface area contributed by atoms with E-state index in [1.165, 1.54) is 0 Å². The van der Waals surface area contributed by atoms with Crippen molar-refractivity contribution in [2.75, 3.05) is 0 Å². The van der Waals surface area contributed by atoms with E-state index in [0.717, 1.165) is 12.8 Å². The van der Waals surface area contributed by atoms with Gasteiger partial charge in [0.2, 0.25) is 0 Å². The lowest BCUT2D eigenvalue weighted by Gasteiger charge is -2.22. The van der Waals surface area contributed by atoms with Crippen LogP contribution in [0.25, 0.3) is 0 Å². The van der Waals surface area contributed by atoms with Gasteiger partial charge < -0.3 is 5.11 Å². The van der Waals surface area contributed by atoms with Crippen molar-refractivity contribution in [3.63, 3.8) is 0 Å². The predicted molar refractivity (Wildman–Crippen MR) is 45.5 cm³/mol. The Morgan fingerprint density at radius 1 is 1.29 bits per heavy atom. The third-order valence-electron chi connectivity index (χ3n) is 3.32. The molecule has 0 aromatic heterocycles. The number of aliphatic hydroxyl groups is 1. The molecule has 0 amide bonds. The third-order valence-corrected chi connectivity index (χ3v) is 3.32. The highest BCUT2D eigenvalue weighted by atomic mass is 19.4. The number of hydrogen-bond donors (Lipinski definition) is 1. The standard InChI is InChI=1S/C10H13F3O/c11-10(12,13)9(14)5-8-4-6-1-2-7(8)3-6/h1-2,6-9,14H,3-5H2. The fraction of sp³-hybridized carbons (Fsp3) is 0.800. The van der Waals surface area contributed by atoms with Gasteiger partial charge in [-0.3, -0.25) is 0 Å². The molecule has 0 radical (unpaired) electrons. The first kappa shape index (κ1) is 10.0. The first-order valence-corrected chi connectivity index (χ1v) is 4.90. The zero-order valence-electron chi connectivity index (χ0n) is 7.67. The first-order chi connectivity index (χ1) is 6.47. The van der Waals surface area contributed by atoms with Gasteiger partial charge in [0, 0.05) is 0 Å². The molecule has 1 fully saturated rings. The van der Waals surface area contributed by atoms with E-state index in [-0.39, 0.29) is 18.3 Å². The Balaban J connectivity index is 1.90. The predicted octanol–water partition coefficient (Wildman–Crippen LogP) is 2.51. The van der Waals surface area contributed by atoms with Gasteiger partial charge in [-0.1, -0.05) is 12.2 Å². The summed E-state index contributed by atoms with van der Waals surface area (Å²) in [6.07, 6.45) is -0.840. The van der Waals surface area contributed by atoms with Crippen LogP contribution in [0.15, 0.2) is 12.2 Å². The summed E-state index contributed by atoms with van der Waals surface area (Å²) in [7, 11) is 0. The first-order valence-electron chi connectivity index (χ1n) is 4.90. The third kappa shape index (κ3) is 1.80. The largest absolute Gasteiger partial charge is 0.414 e. The average molecular weight is 206 g/mol. The minimum absolute atomic E-state index is 0.0293. The molecule has 4 heteroatoms. The van der Waals surface area contributed by atoms with Gasteiger partial charge in [0.15, 0.2) is 0 Å². The molecule has 1 nitrogen and oxygen atoms in total. The Labute approximate surface area is 80.6 Å². The highest BCUT2D eigenvalue weighted by molar-refractivity contribution is 5.10. The van der Waals surface area contributed by atoms with Crippen LogP contribution in [0.1, 0.15) is 19.3 Å². The summed E-state index contributed by atoms with van der Waals surface area (Å²) >= 11 is 0. The van der Waals surface area contributed by atoms with Crippen LogP contribution < -0.4 is 0 Å². The molecule has 2 aliphatic carbocycles. The average Bonchev–Trinajstić information content (AvgIpc) is 2.62. The summed E-state index contributed by atoms with van der Waals surface area (Å²) in [4.78, 5) is 0. The molecule has 14 heavy (non-hydrogen) atoms. The molecule has 1 saturated carbocycles. The highest BCUT2D eigenvalue weighted by Crippen LogP contribution is 2.46. The fourth-order valence-corrected chi connectivity index (χ4v) is 2.59. The van der Waals surface area contributed by atoms with Crippen LogP contribution in [-0.2, 0) is 0 Å². The SMILES string of the molecule is OC(CC1CC2C=CC1C2)C(F)(F)F. The summed E-state index contributed by atoms with van der Waals surface area (Å²) in [5, 5.41) is 8.93. The summed E-state index contributed by atoms with van der Waals surface area (Å²) < 4.78 is 36.2. The Morgan fingerprint density at radius 3 is 2.43 bits per heavy atom. The van der Waals surface area contributed by atoms with Crippen LogP contribution in [0, 0.1) is 17.8 Å². The van der Waals surface area contributed by atoms with Gasteiger partial charge in [0.25, 0.3) is 0 Å². The van der Waals surface area contributed by atoms with E-state index >= 15 is 0 Å². The molecule has 4 atom stereocenters. The molecule has 0 aromatic carbocycles. The highest BCUT2D eigenvalue weighted by Gasteiger charge is 2.43.